The van der Waals surface area contributed by atoms with Crippen LogP contribution in [0.15, 0.2) is 65.7 Å². The number of nitrogens with one attached hydrogen (secondary N) is 3. The SMILES string of the molecule is CN=C(NCCCOc1ccccc1)NCC(=O)NCc1ccccc1.I. The molecular weight excluding hydrogens is 455 g/mol. The highest BCUT2D eigenvalue weighted by Crippen LogP contribution is 2.07. The second-order valence-electron chi connectivity index (χ2n) is 5.63. The number of halogens is 1. The van der Waals surface area contributed by atoms with Gasteiger partial charge in [-0.15, -0.1) is 24.0 Å². The van der Waals surface area contributed by atoms with Crippen molar-refractivity contribution < 1.29 is 9.53 Å². The zero-order chi connectivity index (χ0) is 18.5. The topological polar surface area (TPSA) is 74.8 Å². The second kappa shape index (κ2) is 13.9. The van der Waals surface area contributed by atoms with Crippen molar-refractivity contribution >= 4 is 35.8 Å². The second-order valence-corrected chi connectivity index (χ2v) is 5.63. The lowest BCUT2D eigenvalue weighted by Crippen LogP contribution is -2.43. The highest BCUT2D eigenvalue weighted by Gasteiger charge is 2.03. The minimum Gasteiger partial charge on any atom is -0.494 e. The van der Waals surface area contributed by atoms with Crippen LogP contribution in [0.5, 0.6) is 5.75 Å². The van der Waals surface area contributed by atoms with Gasteiger partial charge in [0.25, 0.3) is 0 Å². The van der Waals surface area contributed by atoms with Crippen LogP contribution < -0.4 is 20.7 Å². The fourth-order valence-corrected chi connectivity index (χ4v) is 2.23. The number of carbonyl (C=O) groups is 1. The number of benzene rings is 2. The van der Waals surface area contributed by atoms with Crippen molar-refractivity contribution in [2.24, 2.45) is 4.99 Å². The van der Waals surface area contributed by atoms with Gasteiger partial charge < -0.3 is 20.7 Å². The van der Waals surface area contributed by atoms with E-state index in [1.165, 1.54) is 0 Å². The minimum atomic E-state index is -0.0794. The highest BCUT2D eigenvalue weighted by molar-refractivity contribution is 14.0. The van der Waals surface area contributed by atoms with Gasteiger partial charge in [-0.1, -0.05) is 48.5 Å². The smallest absolute Gasteiger partial charge is 0.239 e. The molecule has 0 radical (unpaired) electrons. The van der Waals surface area contributed by atoms with Crippen LogP contribution in [0.1, 0.15) is 12.0 Å². The average molecular weight is 482 g/mol. The summed E-state index contributed by atoms with van der Waals surface area (Å²) in [4.78, 5) is 16.0. The van der Waals surface area contributed by atoms with E-state index in [1.807, 2.05) is 60.7 Å². The van der Waals surface area contributed by atoms with Crippen LogP contribution >= 0.6 is 24.0 Å². The molecule has 146 valence electrons. The minimum absolute atomic E-state index is 0. The summed E-state index contributed by atoms with van der Waals surface area (Å²) in [7, 11) is 1.68. The third-order valence-electron chi connectivity index (χ3n) is 3.60. The molecule has 0 aliphatic heterocycles. The van der Waals surface area contributed by atoms with Crippen LogP contribution in [0.25, 0.3) is 0 Å². The van der Waals surface area contributed by atoms with Crippen molar-refractivity contribution in [2.75, 3.05) is 26.7 Å². The summed E-state index contributed by atoms with van der Waals surface area (Å²) in [5.41, 5.74) is 1.07. The molecule has 6 nitrogen and oxygen atoms in total. The van der Waals surface area contributed by atoms with Gasteiger partial charge in [0.2, 0.25) is 5.91 Å². The van der Waals surface area contributed by atoms with E-state index in [1.54, 1.807) is 7.05 Å². The number of guanidine groups is 1. The van der Waals surface area contributed by atoms with E-state index < -0.39 is 0 Å². The normalized spacial score (nSPS) is 10.5. The lowest BCUT2D eigenvalue weighted by molar-refractivity contribution is -0.120. The molecule has 0 fully saturated rings. The largest absolute Gasteiger partial charge is 0.494 e. The fraction of sp³-hybridized carbons (Fsp3) is 0.300. The van der Waals surface area contributed by atoms with Gasteiger partial charge in [-0.2, -0.15) is 0 Å². The number of amides is 1. The molecule has 27 heavy (non-hydrogen) atoms. The molecule has 0 saturated carbocycles. The molecule has 2 aromatic carbocycles. The van der Waals surface area contributed by atoms with Gasteiger partial charge >= 0.3 is 0 Å². The maximum Gasteiger partial charge on any atom is 0.239 e. The van der Waals surface area contributed by atoms with Gasteiger partial charge in [0, 0.05) is 20.1 Å². The Bertz CT molecular complexity index is 681. The third kappa shape index (κ3) is 9.83. The van der Waals surface area contributed by atoms with Crippen molar-refractivity contribution in [3.05, 3.63) is 66.2 Å². The summed E-state index contributed by atoms with van der Waals surface area (Å²) < 4.78 is 5.63. The molecule has 0 aliphatic rings. The monoisotopic (exact) mass is 482 g/mol. The van der Waals surface area contributed by atoms with E-state index in [0.29, 0.717) is 25.7 Å². The Morgan fingerprint density at radius 1 is 0.963 bits per heavy atom. The van der Waals surface area contributed by atoms with E-state index in [4.69, 9.17) is 4.74 Å². The molecule has 0 saturated heterocycles. The van der Waals surface area contributed by atoms with Crippen molar-refractivity contribution in [1.29, 1.82) is 0 Å². The predicted octanol–water partition coefficient (Wildman–Crippen LogP) is 2.55. The van der Waals surface area contributed by atoms with E-state index in [-0.39, 0.29) is 36.4 Å². The number of ether oxygens (including phenoxy) is 1. The first-order valence-electron chi connectivity index (χ1n) is 8.71. The third-order valence-corrected chi connectivity index (χ3v) is 3.60. The zero-order valence-corrected chi connectivity index (χ0v) is 17.8. The fourth-order valence-electron chi connectivity index (χ4n) is 2.23. The molecule has 0 aromatic heterocycles. The highest BCUT2D eigenvalue weighted by atomic mass is 127. The summed E-state index contributed by atoms with van der Waals surface area (Å²) in [6, 6.07) is 19.5. The average Bonchev–Trinajstić information content (AvgIpc) is 2.70. The van der Waals surface area contributed by atoms with Gasteiger partial charge in [-0.3, -0.25) is 9.79 Å². The first kappa shape index (κ1) is 22.8. The first-order chi connectivity index (χ1) is 12.8. The Kier molecular flexibility index (Phi) is 11.7. The van der Waals surface area contributed by atoms with E-state index >= 15 is 0 Å². The van der Waals surface area contributed by atoms with Gasteiger partial charge in [0.05, 0.1) is 13.2 Å². The van der Waals surface area contributed by atoms with Crippen LogP contribution in [-0.4, -0.2) is 38.6 Å². The van der Waals surface area contributed by atoms with Crippen molar-refractivity contribution in [1.82, 2.24) is 16.0 Å². The molecule has 0 unspecified atom stereocenters. The predicted molar refractivity (Wildman–Crippen MR) is 120 cm³/mol. The number of rotatable bonds is 9. The first-order valence-corrected chi connectivity index (χ1v) is 8.71. The Morgan fingerprint density at radius 3 is 2.30 bits per heavy atom. The van der Waals surface area contributed by atoms with E-state index in [2.05, 4.69) is 20.9 Å². The van der Waals surface area contributed by atoms with E-state index in [0.717, 1.165) is 17.7 Å². The molecule has 2 aromatic rings. The number of aliphatic imine (C=N–C) groups is 1. The Balaban J connectivity index is 0.00000364. The summed E-state index contributed by atoms with van der Waals surface area (Å²) >= 11 is 0. The van der Waals surface area contributed by atoms with Gasteiger partial charge in [-0.25, -0.2) is 0 Å². The molecule has 1 amide bonds. The van der Waals surface area contributed by atoms with Crippen molar-refractivity contribution in [3.8, 4) is 5.75 Å². The summed E-state index contributed by atoms with van der Waals surface area (Å²) in [5, 5.41) is 9.03. The standard InChI is InChI=1S/C20H26N4O2.HI/c1-21-20(22-13-8-14-26-18-11-6-3-7-12-18)24-16-19(25)23-15-17-9-4-2-5-10-17;/h2-7,9-12H,8,13-16H2,1H3,(H,23,25)(H2,21,22,24);1H. The molecule has 7 heteroatoms. The molecule has 0 aliphatic carbocycles. The molecule has 3 N–H and O–H groups in total. The maximum absolute atomic E-state index is 11.9. The summed E-state index contributed by atoms with van der Waals surface area (Å²) in [6.45, 7) is 2.01. The maximum atomic E-state index is 11.9. The van der Waals surface area contributed by atoms with Crippen LogP contribution in [-0.2, 0) is 11.3 Å². The molecular formula is C20H27IN4O2. The molecule has 0 spiro atoms. The molecule has 0 atom stereocenters. The van der Waals surface area contributed by atoms with Crippen LogP contribution in [0, 0.1) is 0 Å². The van der Waals surface area contributed by atoms with Gasteiger partial charge in [-0.05, 0) is 24.1 Å². The summed E-state index contributed by atoms with van der Waals surface area (Å²) in [5.74, 6) is 1.38. The van der Waals surface area contributed by atoms with Crippen molar-refractivity contribution in [2.45, 2.75) is 13.0 Å². The van der Waals surface area contributed by atoms with Crippen molar-refractivity contribution in [3.63, 3.8) is 0 Å². The van der Waals surface area contributed by atoms with Gasteiger partial charge in [0.1, 0.15) is 5.75 Å². The van der Waals surface area contributed by atoms with Crippen LogP contribution in [0.4, 0.5) is 0 Å². The molecule has 0 bridgehead atoms. The molecule has 0 heterocycles. The Labute approximate surface area is 177 Å². The summed E-state index contributed by atoms with van der Waals surface area (Å²) in [6.07, 6.45) is 0.829. The van der Waals surface area contributed by atoms with Crippen LogP contribution in [0.2, 0.25) is 0 Å². The molecule has 2 rings (SSSR count). The number of hydrogen-bond donors (Lipinski definition) is 3. The van der Waals surface area contributed by atoms with Crippen LogP contribution in [0.3, 0.4) is 0 Å². The number of carbonyl (C=O) groups excluding carboxylic acids is 1. The van der Waals surface area contributed by atoms with E-state index in [9.17, 15) is 4.79 Å². The quantitative estimate of drug-likeness (QED) is 0.222. The zero-order valence-electron chi connectivity index (χ0n) is 15.5. The lowest BCUT2D eigenvalue weighted by Gasteiger charge is -2.12. The number of hydrogen-bond acceptors (Lipinski definition) is 3. The number of para-hydroxylation sites is 1. The van der Waals surface area contributed by atoms with Gasteiger partial charge in [0.15, 0.2) is 5.96 Å². The number of nitrogens with zero attached hydrogens (tertiary/aromatic N) is 1. The lowest BCUT2D eigenvalue weighted by atomic mass is 10.2. The Hall–Kier alpha value is -2.29. The Morgan fingerprint density at radius 2 is 1.63 bits per heavy atom.